The quantitative estimate of drug-likeness (QED) is 0.485. The highest BCUT2D eigenvalue weighted by Crippen LogP contribution is 2.70. The van der Waals surface area contributed by atoms with E-state index in [-0.39, 0.29) is 46.0 Å². The minimum atomic E-state index is -2.74. The standard InChI is InChI=1S/C21H23N9O3/c1-22-20(32)15-13(8-14(27-28-15)26-19(31)12-9-21(12)5-6-21)25-18-16(33-3)11(4-7-23-18)17-24-10-30(2)29-17/h4,7-8,10,12H,5-6,9H2,1-3H3,(H,22,32)(H2,23,25,26,27,31)/t12-/m1/s1/i1D3. The summed E-state index contributed by atoms with van der Waals surface area (Å²) >= 11 is 0. The molecule has 12 heteroatoms. The van der Waals surface area contributed by atoms with Crippen molar-refractivity contribution in [3.63, 3.8) is 0 Å². The van der Waals surface area contributed by atoms with Crippen LogP contribution in [0.15, 0.2) is 24.7 Å². The van der Waals surface area contributed by atoms with Gasteiger partial charge < -0.3 is 20.7 Å². The number of nitrogens with zero attached hydrogens (tertiary/aromatic N) is 6. The number of aromatic nitrogens is 6. The first kappa shape index (κ1) is 17.5. The Morgan fingerprint density at radius 3 is 2.82 bits per heavy atom. The van der Waals surface area contributed by atoms with E-state index in [0.717, 1.165) is 19.3 Å². The lowest BCUT2D eigenvalue weighted by molar-refractivity contribution is -0.117. The van der Waals surface area contributed by atoms with Crippen molar-refractivity contribution in [3.05, 3.63) is 30.4 Å². The molecule has 2 fully saturated rings. The number of nitrogens with one attached hydrogen (secondary N) is 3. The lowest BCUT2D eigenvalue weighted by Crippen LogP contribution is -2.23. The zero-order valence-electron chi connectivity index (χ0n) is 20.9. The van der Waals surface area contributed by atoms with Gasteiger partial charge in [-0.3, -0.25) is 14.3 Å². The van der Waals surface area contributed by atoms with E-state index in [1.54, 1.807) is 13.1 Å². The molecule has 33 heavy (non-hydrogen) atoms. The second-order valence-electron chi connectivity index (χ2n) is 8.16. The summed E-state index contributed by atoms with van der Waals surface area (Å²) in [5.41, 5.74) is 0.438. The zero-order chi connectivity index (χ0) is 25.7. The molecule has 0 saturated heterocycles. The smallest absolute Gasteiger partial charge is 0.273 e. The number of anilines is 3. The predicted octanol–water partition coefficient (Wildman–Crippen LogP) is 1.52. The van der Waals surface area contributed by atoms with Gasteiger partial charge in [0.25, 0.3) is 5.91 Å². The Kier molecular flexibility index (Phi) is 4.13. The molecule has 3 aromatic rings. The predicted molar refractivity (Wildman–Crippen MR) is 118 cm³/mol. The Morgan fingerprint density at radius 2 is 2.15 bits per heavy atom. The fourth-order valence-corrected chi connectivity index (χ4v) is 3.93. The number of rotatable bonds is 7. The van der Waals surface area contributed by atoms with Gasteiger partial charge in [-0.25, -0.2) is 9.97 Å². The van der Waals surface area contributed by atoms with Crippen LogP contribution in [0.4, 0.5) is 17.3 Å². The maximum Gasteiger partial charge on any atom is 0.273 e. The average Bonchev–Trinajstić information content (AvgIpc) is 3.71. The average molecular weight is 452 g/mol. The Morgan fingerprint density at radius 1 is 1.30 bits per heavy atom. The molecule has 3 aromatic heterocycles. The monoisotopic (exact) mass is 452 g/mol. The molecule has 0 aromatic carbocycles. The van der Waals surface area contributed by atoms with Crippen LogP contribution >= 0.6 is 0 Å². The Hall–Kier alpha value is -4.09. The van der Waals surface area contributed by atoms with Crippen LogP contribution in [0.2, 0.25) is 0 Å². The van der Waals surface area contributed by atoms with Gasteiger partial charge in [0.05, 0.1) is 18.4 Å². The highest BCUT2D eigenvalue weighted by Gasteiger charge is 2.65. The molecule has 0 unspecified atom stereocenters. The first-order chi connectivity index (χ1) is 17.1. The van der Waals surface area contributed by atoms with E-state index >= 15 is 0 Å². The number of pyridine rings is 1. The van der Waals surface area contributed by atoms with Crippen molar-refractivity contribution >= 4 is 29.1 Å². The molecule has 0 radical (unpaired) electrons. The van der Waals surface area contributed by atoms with Crippen LogP contribution in [0.25, 0.3) is 11.4 Å². The van der Waals surface area contributed by atoms with E-state index in [2.05, 4.69) is 35.9 Å². The van der Waals surface area contributed by atoms with Crippen LogP contribution < -0.4 is 20.7 Å². The lowest BCUT2D eigenvalue weighted by Gasteiger charge is -2.15. The molecule has 5 rings (SSSR count). The molecule has 2 amide bonds. The summed E-state index contributed by atoms with van der Waals surface area (Å²) in [5, 5.41) is 19.7. The molecule has 3 N–H and O–H groups in total. The third-order valence-corrected chi connectivity index (χ3v) is 5.97. The summed E-state index contributed by atoms with van der Waals surface area (Å²) in [6, 6.07) is 3.06. The Bertz CT molecular complexity index is 1350. The number of methoxy groups -OCH3 is 1. The molecule has 170 valence electrons. The van der Waals surface area contributed by atoms with Crippen molar-refractivity contribution in [1.29, 1.82) is 0 Å². The lowest BCUT2D eigenvalue weighted by atomic mass is 10.2. The summed E-state index contributed by atoms with van der Waals surface area (Å²) < 4.78 is 29.1. The van der Waals surface area contributed by atoms with Crippen molar-refractivity contribution < 1.29 is 18.4 Å². The van der Waals surface area contributed by atoms with Crippen molar-refractivity contribution in [2.45, 2.75) is 19.3 Å². The zero-order valence-corrected chi connectivity index (χ0v) is 17.9. The molecular formula is C21H23N9O3. The van der Waals surface area contributed by atoms with E-state index < -0.39 is 12.9 Å². The number of ether oxygens (including phenoxy) is 1. The first-order valence-electron chi connectivity index (χ1n) is 11.8. The summed E-state index contributed by atoms with van der Waals surface area (Å²) in [5.74, 6) is -0.235. The van der Waals surface area contributed by atoms with E-state index in [1.807, 2.05) is 5.32 Å². The number of aryl methyl sites for hydroxylation is 1. The van der Waals surface area contributed by atoms with Gasteiger partial charge >= 0.3 is 0 Å². The van der Waals surface area contributed by atoms with Gasteiger partial charge in [0.15, 0.2) is 28.9 Å². The van der Waals surface area contributed by atoms with Gasteiger partial charge in [-0.1, -0.05) is 0 Å². The van der Waals surface area contributed by atoms with E-state index in [1.165, 1.54) is 30.4 Å². The van der Waals surface area contributed by atoms with Gasteiger partial charge in [0.1, 0.15) is 6.33 Å². The molecule has 2 aliphatic rings. The van der Waals surface area contributed by atoms with Crippen molar-refractivity contribution in [1.82, 2.24) is 35.3 Å². The number of carbonyl (C=O) groups excluding carboxylic acids is 2. The van der Waals surface area contributed by atoms with Gasteiger partial charge in [-0.2, -0.15) is 5.10 Å². The van der Waals surface area contributed by atoms with Gasteiger partial charge in [0.2, 0.25) is 5.91 Å². The number of carbonyl (C=O) groups is 2. The second kappa shape index (κ2) is 7.80. The molecule has 2 saturated carbocycles. The number of hydrogen-bond donors (Lipinski definition) is 3. The van der Waals surface area contributed by atoms with Crippen molar-refractivity contribution in [2.24, 2.45) is 18.4 Å². The molecule has 3 heterocycles. The third kappa shape index (κ3) is 3.83. The normalized spacial score (nSPS) is 19.1. The van der Waals surface area contributed by atoms with Gasteiger partial charge in [0, 0.05) is 36.3 Å². The topological polar surface area (TPSA) is 149 Å². The molecule has 2 aliphatic carbocycles. The highest BCUT2D eigenvalue weighted by molar-refractivity contribution is 6.00. The minimum Gasteiger partial charge on any atom is -0.492 e. The molecule has 0 aliphatic heterocycles. The van der Waals surface area contributed by atoms with Crippen molar-refractivity contribution in [2.75, 3.05) is 24.7 Å². The van der Waals surface area contributed by atoms with Crippen LogP contribution in [0, 0.1) is 11.3 Å². The Labute approximate surface area is 193 Å². The van der Waals surface area contributed by atoms with Gasteiger partial charge in [-0.05, 0) is 30.7 Å². The van der Waals surface area contributed by atoms with Crippen LogP contribution in [-0.4, -0.2) is 55.8 Å². The molecule has 1 spiro atoms. The minimum absolute atomic E-state index is 0.0569. The van der Waals surface area contributed by atoms with E-state index in [4.69, 9.17) is 8.85 Å². The summed E-state index contributed by atoms with van der Waals surface area (Å²) in [7, 11) is 3.17. The Balaban J connectivity index is 1.48. The highest BCUT2D eigenvalue weighted by atomic mass is 16.5. The SMILES string of the molecule is [2H]C([2H])([2H])NC(=O)c1nnc(NC(=O)[C@H]2CC23CC3)cc1Nc1nccc(-c2ncn(C)n2)c1OC. The van der Waals surface area contributed by atoms with Crippen LogP contribution in [0.1, 0.15) is 33.9 Å². The van der Waals surface area contributed by atoms with Crippen LogP contribution in [0.3, 0.4) is 0 Å². The molecule has 1 atom stereocenters. The largest absolute Gasteiger partial charge is 0.492 e. The fraction of sp³-hybridized carbons (Fsp3) is 0.381. The van der Waals surface area contributed by atoms with E-state index in [9.17, 15) is 9.59 Å². The number of hydrogen-bond acceptors (Lipinski definition) is 9. The fourth-order valence-electron chi connectivity index (χ4n) is 3.93. The summed E-state index contributed by atoms with van der Waals surface area (Å²) in [6.45, 7) is -2.74. The second-order valence-corrected chi connectivity index (χ2v) is 8.16. The van der Waals surface area contributed by atoms with Gasteiger partial charge in [-0.15, -0.1) is 10.2 Å². The van der Waals surface area contributed by atoms with E-state index in [0.29, 0.717) is 11.4 Å². The van der Waals surface area contributed by atoms with Crippen LogP contribution in [0.5, 0.6) is 5.75 Å². The van der Waals surface area contributed by atoms with Crippen LogP contribution in [-0.2, 0) is 11.8 Å². The maximum atomic E-state index is 12.7. The summed E-state index contributed by atoms with van der Waals surface area (Å²) in [6.07, 6.45) is 5.98. The third-order valence-electron chi connectivity index (χ3n) is 5.97. The first-order valence-corrected chi connectivity index (χ1v) is 10.3. The summed E-state index contributed by atoms with van der Waals surface area (Å²) in [4.78, 5) is 33.8. The molecule has 0 bridgehead atoms. The van der Waals surface area contributed by atoms with Crippen molar-refractivity contribution in [3.8, 4) is 17.1 Å². The maximum absolute atomic E-state index is 12.7. The number of amides is 2. The molecule has 12 nitrogen and oxygen atoms in total. The molecular weight excluding hydrogens is 426 g/mol.